The molecular formula is C16H23ClN2O6S. The van der Waals surface area contributed by atoms with Crippen molar-refractivity contribution in [1.29, 1.82) is 0 Å². The second-order valence-corrected chi connectivity index (χ2v) is 7.74. The van der Waals surface area contributed by atoms with Crippen LogP contribution in [-0.4, -0.2) is 51.6 Å². The Morgan fingerprint density at radius 2 is 1.88 bits per heavy atom. The Bertz CT molecular complexity index is 749. The minimum Gasteiger partial charge on any atom is -0.452 e. The Labute approximate surface area is 158 Å². The van der Waals surface area contributed by atoms with E-state index in [1.54, 1.807) is 0 Å². The molecule has 1 rings (SSSR count). The average Bonchev–Trinajstić information content (AvgIpc) is 2.63. The van der Waals surface area contributed by atoms with E-state index in [0.29, 0.717) is 4.47 Å². The van der Waals surface area contributed by atoms with Gasteiger partial charge in [0.1, 0.15) is 0 Å². The molecule has 0 aliphatic heterocycles. The predicted octanol–water partition coefficient (Wildman–Crippen LogP) is 1.98. The van der Waals surface area contributed by atoms with E-state index >= 15 is 0 Å². The molecule has 0 fully saturated rings. The summed E-state index contributed by atoms with van der Waals surface area (Å²) in [5.41, 5.74) is -0.160. The Morgan fingerprint density at radius 3 is 2.42 bits per heavy atom. The van der Waals surface area contributed by atoms with Crippen LogP contribution in [0.2, 0.25) is 5.02 Å². The summed E-state index contributed by atoms with van der Waals surface area (Å²) in [5.74, 6) is -1.34. The second-order valence-electron chi connectivity index (χ2n) is 5.40. The first kappa shape index (κ1) is 22.4. The summed E-state index contributed by atoms with van der Waals surface area (Å²) in [6, 6.07) is 3.58. The smallest absolute Gasteiger partial charge is 0.340 e. The highest BCUT2D eigenvalue weighted by Gasteiger charge is 2.24. The molecule has 0 atom stereocenters. The SMILES string of the molecule is CCC(CC)NC(=O)COC(=O)c1cc(S(=O)(=O)N(C)OC)ccc1Cl. The molecule has 0 saturated heterocycles. The lowest BCUT2D eigenvalue weighted by molar-refractivity contribution is -0.125. The van der Waals surface area contributed by atoms with Crippen LogP contribution in [-0.2, 0) is 24.4 Å². The maximum Gasteiger partial charge on any atom is 0.340 e. The Morgan fingerprint density at radius 1 is 1.27 bits per heavy atom. The van der Waals surface area contributed by atoms with Crippen LogP contribution in [0.25, 0.3) is 0 Å². The van der Waals surface area contributed by atoms with Crippen molar-refractivity contribution in [1.82, 2.24) is 9.79 Å². The van der Waals surface area contributed by atoms with Crippen LogP contribution in [0, 0.1) is 0 Å². The summed E-state index contributed by atoms with van der Waals surface area (Å²) in [4.78, 5) is 28.5. The van der Waals surface area contributed by atoms with Gasteiger partial charge in [-0.15, -0.1) is 0 Å². The van der Waals surface area contributed by atoms with Crippen LogP contribution < -0.4 is 5.32 Å². The summed E-state index contributed by atoms with van der Waals surface area (Å²) < 4.78 is 30.1. The number of amides is 1. The molecule has 146 valence electrons. The molecule has 0 aromatic heterocycles. The third-order valence-corrected chi connectivity index (χ3v) is 5.74. The summed E-state index contributed by atoms with van der Waals surface area (Å²) >= 11 is 5.96. The van der Waals surface area contributed by atoms with Gasteiger partial charge in [0.15, 0.2) is 6.61 Å². The van der Waals surface area contributed by atoms with Crippen LogP contribution in [0.1, 0.15) is 37.0 Å². The van der Waals surface area contributed by atoms with Gasteiger partial charge in [-0.1, -0.05) is 29.9 Å². The van der Waals surface area contributed by atoms with E-state index in [1.807, 2.05) is 13.8 Å². The molecule has 0 heterocycles. The summed E-state index contributed by atoms with van der Waals surface area (Å²) in [7, 11) is -1.54. The van der Waals surface area contributed by atoms with E-state index in [1.165, 1.54) is 26.3 Å². The fraction of sp³-hybridized carbons (Fsp3) is 0.500. The van der Waals surface area contributed by atoms with Gasteiger partial charge in [-0.2, -0.15) is 0 Å². The number of ether oxygens (including phenoxy) is 1. The molecule has 10 heteroatoms. The van der Waals surface area contributed by atoms with Crippen molar-refractivity contribution in [2.75, 3.05) is 20.8 Å². The number of hydrogen-bond acceptors (Lipinski definition) is 6. The number of rotatable bonds is 9. The zero-order valence-corrected chi connectivity index (χ0v) is 16.7. The number of benzene rings is 1. The van der Waals surface area contributed by atoms with Crippen LogP contribution >= 0.6 is 11.6 Å². The highest BCUT2D eigenvalue weighted by atomic mass is 35.5. The molecular weight excluding hydrogens is 384 g/mol. The molecule has 0 aliphatic rings. The van der Waals surface area contributed by atoms with Crippen LogP contribution in [0.4, 0.5) is 0 Å². The number of carbonyl (C=O) groups excluding carboxylic acids is 2. The average molecular weight is 407 g/mol. The minimum absolute atomic E-state index is 0.00263. The van der Waals surface area contributed by atoms with Gasteiger partial charge in [-0.25, -0.2) is 13.2 Å². The predicted molar refractivity (Wildman–Crippen MR) is 96.2 cm³/mol. The lowest BCUT2D eigenvalue weighted by atomic mass is 10.2. The number of halogens is 1. The van der Waals surface area contributed by atoms with Gasteiger partial charge < -0.3 is 10.1 Å². The summed E-state index contributed by atoms with van der Waals surface area (Å²) in [5, 5.41) is 2.74. The highest BCUT2D eigenvalue weighted by Crippen LogP contribution is 2.23. The fourth-order valence-electron chi connectivity index (χ4n) is 2.04. The molecule has 0 radical (unpaired) electrons. The van der Waals surface area contributed by atoms with Crippen molar-refractivity contribution >= 4 is 33.5 Å². The molecule has 8 nitrogen and oxygen atoms in total. The van der Waals surface area contributed by atoms with E-state index in [9.17, 15) is 18.0 Å². The zero-order valence-electron chi connectivity index (χ0n) is 15.1. The molecule has 0 aliphatic carbocycles. The standard InChI is InChI=1S/C16H23ClN2O6S/c1-5-11(6-2)18-15(20)10-25-16(21)13-9-12(7-8-14(13)17)26(22,23)19(3)24-4/h7-9,11H,5-6,10H2,1-4H3,(H,18,20). The summed E-state index contributed by atoms with van der Waals surface area (Å²) in [6.45, 7) is 3.38. The Balaban J connectivity index is 2.90. The molecule has 0 spiro atoms. The van der Waals surface area contributed by atoms with Crippen LogP contribution in [0.15, 0.2) is 23.1 Å². The fourth-order valence-corrected chi connectivity index (χ4v) is 3.23. The van der Waals surface area contributed by atoms with Gasteiger partial charge in [0.05, 0.1) is 22.6 Å². The molecule has 1 N–H and O–H groups in total. The van der Waals surface area contributed by atoms with Gasteiger partial charge in [0.2, 0.25) is 0 Å². The maximum absolute atomic E-state index is 12.2. The third kappa shape index (κ3) is 5.66. The number of hydroxylamine groups is 1. The van der Waals surface area contributed by atoms with Crippen molar-refractivity contribution in [3.05, 3.63) is 28.8 Å². The van der Waals surface area contributed by atoms with Crippen molar-refractivity contribution in [2.45, 2.75) is 37.6 Å². The van der Waals surface area contributed by atoms with E-state index in [0.717, 1.165) is 18.9 Å². The summed E-state index contributed by atoms with van der Waals surface area (Å²) in [6.07, 6.45) is 1.52. The van der Waals surface area contributed by atoms with Crippen LogP contribution in [0.3, 0.4) is 0 Å². The zero-order chi connectivity index (χ0) is 19.9. The van der Waals surface area contributed by atoms with Gasteiger partial charge in [-0.05, 0) is 31.0 Å². The number of nitrogens with one attached hydrogen (secondary N) is 1. The number of esters is 1. The van der Waals surface area contributed by atoms with Gasteiger partial charge in [0.25, 0.3) is 15.9 Å². The lowest BCUT2D eigenvalue weighted by Crippen LogP contribution is -2.36. The molecule has 1 amide bonds. The molecule has 0 unspecified atom stereocenters. The highest BCUT2D eigenvalue weighted by molar-refractivity contribution is 7.89. The van der Waals surface area contributed by atoms with E-state index in [2.05, 4.69) is 10.2 Å². The van der Waals surface area contributed by atoms with Crippen molar-refractivity contribution in [3.8, 4) is 0 Å². The van der Waals surface area contributed by atoms with Gasteiger partial charge >= 0.3 is 5.97 Å². The van der Waals surface area contributed by atoms with E-state index < -0.39 is 28.5 Å². The quantitative estimate of drug-likeness (QED) is 0.497. The number of nitrogens with zero attached hydrogens (tertiary/aromatic N) is 1. The molecule has 1 aromatic rings. The van der Waals surface area contributed by atoms with E-state index in [4.69, 9.17) is 16.3 Å². The topological polar surface area (TPSA) is 102 Å². The largest absolute Gasteiger partial charge is 0.452 e. The van der Waals surface area contributed by atoms with E-state index in [-0.39, 0.29) is 21.5 Å². The Hall–Kier alpha value is -1.68. The normalized spacial score (nSPS) is 11.7. The van der Waals surface area contributed by atoms with Crippen LogP contribution in [0.5, 0.6) is 0 Å². The number of carbonyl (C=O) groups is 2. The van der Waals surface area contributed by atoms with Crippen molar-refractivity contribution in [3.63, 3.8) is 0 Å². The molecule has 1 aromatic carbocycles. The lowest BCUT2D eigenvalue weighted by Gasteiger charge is -2.16. The monoisotopic (exact) mass is 406 g/mol. The molecule has 26 heavy (non-hydrogen) atoms. The number of sulfonamides is 1. The van der Waals surface area contributed by atoms with Crippen molar-refractivity contribution in [2.24, 2.45) is 0 Å². The van der Waals surface area contributed by atoms with Crippen molar-refractivity contribution < 1.29 is 27.6 Å². The maximum atomic E-state index is 12.2. The first-order valence-corrected chi connectivity index (χ1v) is 9.78. The van der Waals surface area contributed by atoms with Gasteiger partial charge in [-0.3, -0.25) is 9.63 Å². The molecule has 0 saturated carbocycles. The molecule has 0 bridgehead atoms. The minimum atomic E-state index is -3.95. The second kappa shape index (κ2) is 9.86. The first-order valence-electron chi connectivity index (χ1n) is 7.96. The number of hydrogen-bond donors (Lipinski definition) is 1. The Kier molecular flexibility index (Phi) is 8.48. The first-order chi connectivity index (χ1) is 12.2. The third-order valence-electron chi connectivity index (χ3n) is 3.74. The van der Waals surface area contributed by atoms with Gasteiger partial charge in [0, 0.05) is 13.1 Å².